The molecule has 8 aromatic rings. The van der Waals surface area contributed by atoms with E-state index in [0.29, 0.717) is 6.42 Å². The second kappa shape index (κ2) is 13.7. The van der Waals surface area contributed by atoms with E-state index in [1.165, 1.54) is 33.2 Å². The summed E-state index contributed by atoms with van der Waals surface area (Å²) in [6, 6.07) is 63.7. The predicted molar refractivity (Wildman–Crippen MR) is 199 cm³/mol. The molecule has 0 saturated carbocycles. The fourth-order valence-electron chi connectivity index (χ4n) is 6.87. The third-order valence-corrected chi connectivity index (χ3v) is 10.4. The van der Waals surface area contributed by atoms with Crippen LogP contribution in [0.2, 0.25) is 0 Å². The van der Waals surface area contributed by atoms with Gasteiger partial charge in [0.15, 0.2) is 0 Å². The quantitative estimate of drug-likeness (QED) is 0.115. The monoisotopic (exact) mass is 808 g/mol. The van der Waals surface area contributed by atoms with Crippen molar-refractivity contribution < 1.29 is 19.4 Å². The zero-order valence-corrected chi connectivity index (χ0v) is 29.3. The molecular formula is C44H32BN3Pt-2. The number of nitrogens with zero attached hydrogens (tertiary/aromatic N) is 3. The van der Waals surface area contributed by atoms with E-state index in [4.69, 9.17) is 0 Å². The number of aryl methyl sites for hydroxylation is 1. The molecule has 0 aliphatic carbocycles. The Bertz CT molecular complexity index is 2390. The molecule has 238 valence electrons. The van der Waals surface area contributed by atoms with E-state index in [0.717, 1.165) is 37.2 Å². The SMILES string of the molecule is Cn1[c](=[Pt])n(-c2[c-]c(B(c3[c-]c(Cc4ccccn4)ccc3)c3c(-c4ccccc4)cccc3-c3ccccc3)ccc2)c2ccccc21. The molecule has 5 heteroatoms. The molecule has 0 bridgehead atoms. The minimum atomic E-state index is -0.163. The molecule has 0 atom stereocenters. The molecule has 0 fully saturated rings. The Balaban J connectivity index is 1.40. The van der Waals surface area contributed by atoms with E-state index in [2.05, 4.69) is 198 Å². The van der Waals surface area contributed by atoms with Crippen LogP contribution in [0.1, 0.15) is 11.3 Å². The Morgan fingerprint density at radius 1 is 0.592 bits per heavy atom. The zero-order chi connectivity index (χ0) is 33.2. The van der Waals surface area contributed by atoms with E-state index in [9.17, 15) is 0 Å². The fraction of sp³-hybridized carbons (Fsp3) is 0.0455. The van der Waals surface area contributed by atoms with Crippen LogP contribution in [-0.2, 0) is 32.8 Å². The molecule has 0 amide bonds. The molecule has 0 spiro atoms. The molecule has 8 rings (SSSR count). The number of rotatable bonds is 8. The summed E-state index contributed by atoms with van der Waals surface area (Å²) in [5.74, 6) is 0. The number of fused-ring (bicyclic) bond motifs is 1. The number of hydrogen-bond acceptors (Lipinski definition) is 1. The van der Waals surface area contributed by atoms with Gasteiger partial charge < -0.3 is 0 Å². The number of hydrogen-bond donors (Lipinski definition) is 0. The summed E-state index contributed by atoms with van der Waals surface area (Å²) in [6.07, 6.45) is 2.57. The summed E-state index contributed by atoms with van der Waals surface area (Å²) in [5.41, 5.74) is 13.6. The molecule has 0 radical (unpaired) electrons. The second-order valence-electron chi connectivity index (χ2n) is 12.2. The van der Waals surface area contributed by atoms with Gasteiger partial charge in [0.05, 0.1) is 0 Å². The van der Waals surface area contributed by atoms with Crippen LogP contribution in [0.25, 0.3) is 39.0 Å². The van der Waals surface area contributed by atoms with Crippen LogP contribution in [0, 0.1) is 15.9 Å². The number of benzene rings is 6. The second-order valence-corrected chi connectivity index (χ2v) is 13.2. The molecule has 6 aromatic carbocycles. The van der Waals surface area contributed by atoms with Crippen molar-refractivity contribution >= 4 is 34.1 Å². The number of pyridine rings is 1. The molecule has 0 aliphatic heterocycles. The molecular weight excluding hydrogens is 776 g/mol. The molecule has 0 saturated heterocycles. The first-order chi connectivity index (χ1) is 24.2. The van der Waals surface area contributed by atoms with Crippen LogP contribution in [0.4, 0.5) is 0 Å². The maximum absolute atomic E-state index is 4.62. The van der Waals surface area contributed by atoms with Gasteiger partial charge in [-0.1, -0.05) is 6.07 Å². The van der Waals surface area contributed by atoms with Gasteiger partial charge in [-0.25, -0.2) is 0 Å². The third kappa shape index (κ3) is 6.10. The van der Waals surface area contributed by atoms with Gasteiger partial charge in [0.1, 0.15) is 0 Å². The van der Waals surface area contributed by atoms with Crippen LogP contribution < -0.4 is 16.4 Å². The van der Waals surface area contributed by atoms with Crippen LogP contribution >= 0.6 is 0 Å². The van der Waals surface area contributed by atoms with Crippen LogP contribution in [0.5, 0.6) is 0 Å². The van der Waals surface area contributed by atoms with Gasteiger partial charge in [-0.3, -0.25) is 0 Å². The normalized spacial score (nSPS) is 11.2. The van der Waals surface area contributed by atoms with Crippen molar-refractivity contribution in [3.8, 4) is 27.9 Å². The van der Waals surface area contributed by atoms with Crippen LogP contribution in [-0.4, -0.2) is 20.8 Å². The van der Waals surface area contributed by atoms with Crippen LogP contribution in [0.3, 0.4) is 0 Å². The Hall–Kier alpha value is -5.31. The Labute approximate surface area is 298 Å². The van der Waals surface area contributed by atoms with Gasteiger partial charge in [-0.15, -0.1) is 0 Å². The fourth-order valence-corrected chi connectivity index (χ4v) is 7.69. The van der Waals surface area contributed by atoms with Crippen molar-refractivity contribution in [2.75, 3.05) is 0 Å². The molecule has 0 aliphatic rings. The molecule has 3 nitrogen and oxygen atoms in total. The van der Waals surface area contributed by atoms with Crippen molar-refractivity contribution in [1.29, 1.82) is 0 Å². The van der Waals surface area contributed by atoms with Crippen LogP contribution in [0.15, 0.2) is 164 Å². The van der Waals surface area contributed by atoms with Crippen molar-refractivity contribution in [2.45, 2.75) is 6.42 Å². The van der Waals surface area contributed by atoms with E-state index in [1.54, 1.807) is 0 Å². The van der Waals surface area contributed by atoms with Crippen molar-refractivity contribution in [2.24, 2.45) is 7.05 Å². The van der Waals surface area contributed by atoms with Gasteiger partial charge in [-0.05, 0) is 6.07 Å². The summed E-state index contributed by atoms with van der Waals surface area (Å²) in [6.45, 7) is -0.163. The Morgan fingerprint density at radius 2 is 1.18 bits per heavy atom. The maximum atomic E-state index is 4.62. The number of imidazole rings is 1. The van der Waals surface area contributed by atoms with Crippen molar-refractivity contribution in [1.82, 2.24) is 14.1 Å². The van der Waals surface area contributed by atoms with Gasteiger partial charge in [0.2, 0.25) is 0 Å². The topological polar surface area (TPSA) is 22.8 Å². The van der Waals surface area contributed by atoms with Gasteiger partial charge in [-0.2, -0.15) is 0 Å². The molecule has 0 unspecified atom stereocenters. The summed E-state index contributed by atoms with van der Waals surface area (Å²) in [4.78, 5) is 4.62. The molecule has 49 heavy (non-hydrogen) atoms. The van der Waals surface area contributed by atoms with E-state index >= 15 is 0 Å². The summed E-state index contributed by atoms with van der Waals surface area (Å²) in [5, 5.41) is 0. The van der Waals surface area contributed by atoms with E-state index < -0.39 is 0 Å². The van der Waals surface area contributed by atoms with Crippen molar-refractivity contribution in [3.05, 3.63) is 191 Å². The molecule has 0 N–H and O–H groups in total. The Morgan fingerprint density at radius 3 is 1.86 bits per heavy atom. The van der Waals surface area contributed by atoms with Crippen molar-refractivity contribution in [3.63, 3.8) is 0 Å². The first-order valence-corrected chi connectivity index (χ1v) is 17.6. The van der Waals surface area contributed by atoms with Gasteiger partial charge in [0.25, 0.3) is 0 Å². The van der Waals surface area contributed by atoms with E-state index in [1.807, 2.05) is 18.3 Å². The summed E-state index contributed by atoms with van der Waals surface area (Å²) >= 11 is 2.43. The average molecular weight is 809 g/mol. The zero-order valence-electron chi connectivity index (χ0n) is 27.0. The molecule has 2 heterocycles. The molecule has 2 aromatic heterocycles. The predicted octanol–water partition coefficient (Wildman–Crippen LogP) is 7.48. The number of aromatic nitrogens is 3. The summed E-state index contributed by atoms with van der Waals surface area (Å²) in [7, 11) is 2.12. The first-order valence-electron chi connectivity index (χ1n) is 16.4. The standard InChI is InChI=1S/C44H32BN3.Pt/c1-47-32-48(43-27-9-8-26-42(43)47)39-23-13-21-37(31-39)45(36-20-12-15-33(29-36)30-38-22-10-11-28-46-38)44-40(34-16-4-2-5-17-34)24-14-25-41(44)35-18-6-3-7-19-35;/h2-28H,30H2,1H3;/q-2;. The first kappa shape index (κ1) is 31.0. The van der Waals surface area contributed by atoms with Gasteiger partial charge >= 0.3 is 282 Å². The number of para-hydroxylation sites is 2. The van der Waals surface area contributed by atoms with E-state index in [-0.39, 0.29) is 6.71 Å². The van der Waals surface area contributed by atoms with Gasteiger partial charge in [0, 0.05) is 6.20 Å². The average Bonchev–Trinajstić information content (AvgIpc) is 3.42. The Kier molecular flexibility index (Phi) is 8.64. The third-order valence-electron chi connectivity index (χ3n) is 9.12. The minimum absolute atomic E-state index is 0.163. The summed E-state index contributed by atoms with van der Waals surface area (Å²) < 4.78 is 5.66.